The Bertz CT molecular complexity index is 980. The quantitative estimate of drug-likeness (QED) is 0.768. The van der Waals surface area contributed by atoms with Gasteiger partial charge in [-0.05, 0) is 31.4 Å². The molecule has 1 saturated carbocycles. The number of benzene rings is 1. The third-order valence-electron chi connectivity index (χ3n) is 5.77. The third-order valence-corrected chi connectivity index (χ3v) is 6.00. The molecule has 0 saturated heterocycles. The lowest BCUT2D eigenvalue weighted by atomic mass is 10.0. The molecule has 3 N–H and O–H groups in total. The average Bonchev–Trinajstić information content (AvgIpc) is 3.32. The van der Waals surface area contributed by atoms with E-state index in [4.69, 9.17) is 17.3 Å². The smallest absolute Gasteiger partial charge is 0.318 e. The minimum absolute atomic E-state index is 0.155. The number of nitrogens with two attached hydrogens (primary N) is 1. The molecule has 1 aliphatic carbocycles. The molecule has 2 aromatic rings. The second-order valence-electron chi connectivity index (χ2n) is 7.74. The van der Waals surface area contributed by atoms with E-state index >= 15 is 0 Å². The minimum Gasteiger partial charge on any atom is -0.365 e. The van der Waals surface area contributed by atoms with Crippen molar-refractivity contribution in [1.82, 2.24) is 20.0 Å². The van der Waals surface area contributed by atoms with Crippen LogP contribution in [0.2, 0.25) is 5.02 Å². The molecule has 1 fully saturated rings. The fourth-order valence-electron chi connectivity index (χ4n) is 4.23. The summed E-state index contributed by atoms with van der Waals surface area (Å²) < 4.78 is 27.4. The Balaban J connectivity index is 1.53. The standard InChI is InChI=1S/C20H22ClF2N5O2/c21-13-3-1-2-11(8-13)17-16(19(24)29)15-10-27(6-7-28(15)26-17)20(30)25-14-5-4-12(9-14)18(22)23/h1-3,8,12,14,18H,4-7,9-10H2,(H2,24,29)(H,25,30)/t12-,14+/m0/s1. The Labute approximate surface area is 177 Å². The van der Waals surface area contributed by atoms with Crippen LogP contribution in [0.25, 0.3) is 11.3 Å². The van der Waals surface area contributed by atoms with Gasteiger partial charge in [0.25, 0.3) is 5.91 Å². The summed E-state index contributed by atoms with van der Waals surface area (Å²) in [5.41, 5.74) is 7.54. The SMILES string of the molecule is NC(=O)c1c(-c2cccc(Cl)c2)nn2c1CN(C(=O)N[C@@H]1CC[C@H](C(F)F)C1)CC2. The minimum atomic E-state index is -2.36. The molecule has 0 bridgehead atoms. The molecule has 30 heavy (non-hydrogen) atoms. The van der Waals surface area contributed by atoms with Crippen LogP contribution in [-0.2, 0) is 13.1 Å². The molecule has 2 heterocycles. The van der Waals surface area contributed by atoms with Crippen LogP contribution < -0.4 is 11.1 Å². The summed E-state index contributed by atoms with van der Waals surface area (Å²) in [5, 5.41) is 7.88. The second-order valence-corrected chi connectivity index (χ2v) is 8.18. The molecule has 0 spiro atoms. The van der Waals surface area contributed by atoms with Gasteiger partial charge in [0.15, 0.2) is 0 Å². The van der Waals surface area contributed by atoms with Crippen molar-refractivity contribution in [1.29, 1.82) is 0 Å². The molecule has 0 unspecified atom stereocenters. The largest absolute Gasteiger partial charge is 0.365 e. The van der Waals surface area contributed by atoms with Crippen molar-refractivity contribution >= 4 is 23.5 Å². The predicted molar refractivity (Wildman–Crippen MR) is 107 cm³/mol. The van der Waals surface area contributed by atoms with Crippen molar-refractivity contribution in [2.75, 3.05) is 6.54 Å². The van der Waals surface area contributed by atoms with Crippen molar-refractivity contribution in [3.05, 3.63) is 40.5 Å². The van der Waals surface area contributed by atoms with Gasteiger partial charge in [-0.25, -0.2) is 13.6 Å². The van der Waals surface area contributed by atoms with E-state index in [2.05, 4.69) is 10.4 Å². The zero-order valence-electron chi connectivity index (χ0n) is 16.2. The first kappa shape index (κ1) is 20.6. The molecule has 3 amide bonds. The predicted octanol–water partition coefficient (Wildman–Crippen LogP) is 3.26. The number of primary amides is 1. The number of rotatable bonds is 4. The summed E-state index contributed by atoms with van der Waals surface area (Å²) in [7, 11) is 0. The third kappa shape index (κ3) is 3.98. The van der Waals surface area contributed by atoms with Gasteiger partial charge in [0, 0.05) is 29.1 Å². The maximum Gasteiger partial charge on any atom is 0.318 e. The zero-order chi connectivity index (χ0) is 21.4. The van der Waals surface area contributed by atoms with Crippen molar-refractivity contribution in [3.8, 4) is 11.3 Å². The maximum atomic E-state index is 12.9. The van der Waals surface area contributed by atoms with Crippen LogP contribution in [-0.4, -0.2) is 45.6 Å². The number of carbonyl (C=O) groups excluding carboxylic acids is 2. The monoisotopic (exact) mass is 437 g/mol. The summed E-state index contributed by atoms with van der Waals surface area (Å²) in [6, 6.07) is 6.37. The van der Waals surface area contributed by atoms with Crippen LogP contribution in [0.4, 0.5) is 13.6 Å². The fraction of sp³-hybridized carbons (Fsp3) is 0.450. The lowest BCUT2D eigenvalue weighted by Gasteiger charge is -2.29. The number of alkyl halides is 2. The van der Waals surface area contributed by atoms with Crippen LogP contribution in [0.3, 0.4) is 0 Å². The van der Waals surface area contributed by atoms with Crippen molar-refractivity contribution in [2.45, 2.75) is 44.8 Å². The van der Waals surface area contributed by atoms with E-state index in [1.54, 1.807) is 33.8 Å². The van der Waals surface area contributed by atoms with Gasteiger partial charge >= 0.3 is 6.03 Å². The highest BCUT2D eigenvalue weighted by atomic mass is 35.5. The number of hydrogen-bond acceptors (Lipinski definition) is 3. The van der Waals surface area contributed by atoms with Gasteiger partial charge in [0.1, 0.15) is 5.69 Å². The van der Waals surface area contributed by atoms with Crippen LogP contribution in [0.5, 0.6) is 0 Å². The van der Waals surface area contributed by atoms with E-state index < -0.39 is 18.3 Å². The van der Waals surface area contributed by atoms with Crippen molar-refractivity contribution in [2.24, 2.45) is 11.7 Å². The normalized spacial score (nSPS) is 21.0. The number of hydrogen-bond donors (Lipinski definition) is 2. The Morgan fingerprint density at radius 1 is 1.27 bits per heavy atom. The van der Waals surface area contributed by atoms with Crippen molar-refractivity contribution in [3.63, 3.8) is 0 Å². The Morgan fingerprint density at radius 2 is 2.07 bits per heavy atom. The molecule has 4 rings (SSSR count). The highest BCUT2D eigenvalue weighted by molar-refractivity contribution is 6.30. The van der Waals surface area contributed by atoms with Crippen molar-refractivity contribution < 1.29 is 18.4 Å². The molecule has 2 atom stereocenters. The maximum absolute atomic E-state index is 12.9. The molecule has 2 aliphatic rings. The number of nitrogens with zero attached hydrogens (tertiary/aromatic N) is 3. The van der Waals surface area contributed by atoms with E-state index in [1.165, 1.54) is 0 Å². The molecular weight excluding hydrogens is 416 g/mol. The van der Waals surface area contributed by atoms with Gasteiger partial charge in [-0.15, -0.1) is 0 Å². The number of nitrogens with one attached hydrogen (secondary N) is 1. The van der Waals surface area contributed by atoms with Crippen LogP contribution in [0.15, 0.2) is 24.3 Å². The number of amides is 3. The summed E-state index contributed by atoms with van der Waals surface area (Å²) in [4.78, 5) is 26.5. The number of urea groups is 1. The van der Waals surface area contributed by atoms with Gasteiger partial charge in [-0.1, -0.05) is 23.7 Å². The average molecular weight is 438 g/mol. The van der Waals surface area contributed by atoms with Crippen LogP contribution >= 0.6 is 11.6 Å². The van der Waals surface area contributed by atoms with Crippen LogP contribution in [0.1, 0.15) is 35.3 Å². The van der Waals surface area contributed by atoms with E-state index in [1.807, 2.05) is 0 Å². The van der Waals surface area contributed by atoms with Gasteiger partial charge in [0.05, 0.1) is 24.3 Å². The highest BCUT2D eigenvalue weighted by Crippen LogP contribution is 2.32. The summed E-state index contributed by atoms with van der Waals surface area (Å²) >= 11 is 6.07. The molecule has 7 nitrogen and oxygen atoms in total. The first-order valence-electron chi connectivity index (χ1n) is 9.82. The number of halogens is 3. The molecule has 0 radical (unpaired) electrons. The zero-order valence-corrected chi connectivity index (χ0v) is 16.9. The molecule has 160 valence electrons. The van der Waals surface area contributed by atoms with E-state index in [9.17, 15) is 18.4 Å². The number of carbonyl (C=O) groups is 2. The van der Waals surface area contributed by atoms with E-state index in [0.717, 1.165) is 0 Å². The van der Waals surface area contributed by atoms with E-state index in [0.29, 0.717) is 47.9 Å². The lowest BCUT2D eigenvalue weighted by molar-refractivity contribution is 0.0792. The number of aromatic nitrogens is 2. The first-order valence-corrected chi connectivity index (χ1v) is 10.2. The first-order chi connectivity index (χ1) is 14.3. The summed E-state index contributed by atoms with van der Waals surface area (Å²) in [6.07, 6.45) is -1.14. The summed E-state index contributed by atoms with van der Waals surface area (Å²) in [6.45, 7) is 0.940. The van der Waals surface area contributed by atoms with E-state index in [-0.39, 0.29) is 30.6 Å². The van der Waals surface area contributed by atoms with Gasteiger partial charge in [-0.3, -0.25) is 9.48 Å². The van der Waals surface area contributed by atoms with Gasteiger partial charge < -0.3 is 16.0 Å². The Hall–Kier alpha value is -2.68. The fourth-order valence-corrected chi connectivity index (χ4v) is 4.42. The molecule has 10 heteroatoms. The van der Waals surface area contributed by atoms with Gasteiger partial charge in [0.2, 0.25) is 6.43 Å². The molecular formula is C20H22ClF2N5O2. The summed E-state index contributed by atoms with van der Waals surface area (Å²) in [5.74, 6) is -1.30. The highest BCUT2D eigenvalue weighted by Gasteiger charge is 2.34. The topological polar surface area (TPSA) is 93.2 Å². The molecule has 1 aromatic heterocycles. The lowest BCUT2D eigenvalue weighted by Crippen LogP contribution is -2.47. The van der Waals surface area contributed by atoms with Crippen LogP contribution in [0, 0.1) is 5.92 Å². The second kappa shape index (κ2) is 8.22. The Morgan fingerprint density at radius 3 is 2.73 bits per heavy atom. The number of fused-ring (bicyclic) bond motifs is 1. The Kier molecular flexibility index (Phi) is 5.64. The molecule has 1 aliphatic heterocycles. The van der Waals surface area contributed by atoms with Gasteiger partial charge in [-0.2, -0.15) is 5.10 Å². The molecule has 1 aromatic carbocycles.